The number of ketones is 1. The monoisotopic (exact) mass is 474 g/mol. The standard InChI is InChI=1S/C25H31ClN2O5/c1-11-8-24-12(2)6-16-17(23(16,4)5)15(19(24)31)7-14(9-29)18(30)25(24,32)20(11)33-22-13(3)21(26)27-10-28-22/h7-8,10,12,15-18,20,29-30,32H,6,9H2,1-5H3/t12-,15+,16-,17+,18-,20+,24+,25+/m1/s1. The minimum Gasteiger partial charge on any atom is -0.466 e. The number of allylic oxidation sites excluding steroid dienone is 1. The van der Waals surface area contributed by atoms with Crippen molar-refractivity contribution in [1.82, 2.24) is 9.97 Å². The third-order valence-electron chi connectivity index (χ3n) is 9.10. The Balaban J connectivity index is 1.69. The van der Waals surface area contributed by atoms with Gasteiger partial charge in [0.2, 0.25) is 5.88 Å². The van der Waals surface area contributed by atoms with Gasteiger partial charge in [-0.25, -0.2) is 9.97 Å². The third kappa shape index (κ3) is 2.71. The van der Waals surface area contributed by atoms with Crippen molar-refractivity contribution in [3.05, 3.63) is 40.3 Å². The van der Waals surface area contributed by atoms with Crippen LogP contribution in [0, 0.1) is 41.4 Å². The average molecular weight is 475 g/mol. The van der Waals surface area contributed by atoms with E-state index >= 15 is 0 Å². The number of aliphatic hydroxyl groups excluding tert-OH is 2. The number of rotatable bonds is 3. The fourth-order valence-corrected chi connectivity index (χ4v) is 7.36. The minimum atomic E-state index is -2.01. The second-order valence-electron chi connectivity index (χ2n) is 11.0. The Bertz CT molecular complexity index is 1100. The highest BCUT2D eigenvalue weighted by Gasteiger charge is 2.76. The van der Waals surface area contributed by atoms with Crippen molar-refractivity contribution in [2.75, 3.05) is 6.61 Å². The van der Waals surface area contributed by atoms with Gasteiger partial charge in [-0.2, -0.15) is 0 Å². The molecule has 7 nitrogen and oxygen atoms in total. The number of ether oxygens (including phenoxy) is 1. The van der Waals surface area contributed by atoms with Gasteiger partial charge < -0.3 is 20.1 Å². The first-order chi connectivity index (χ1) is 15.4. The van der Waals surface area contributed by atoms with Gasteiger partial charge in [0.05, 0.1) is 12.0 Å². The maximum Gasteiger partial charge on any atom is 0.221 e. The number of fused-ring (bicyclic) bond motifs is 3. The van der Waals surface area contributed by atoms with E-state index in [-0.39, 0.29) is 39.6 Å². The van der Waals surface area contributed by atoms with Crippen molar-refractivity contribution in [3.8, 4) is 5.88 Å². The Hall–Kier alpha value is -1.80. The number of aromatic nitrogens is 2. The molecule has 4 aliphatic rings. The van der Waals surface area contributed by atoms with Crippen molar-refractivity contribution in [3.63, 3.8) is 0 Å². The van der Waals surface area contributed by atoms with E-state index in [4.69, 9.17) is 16.3 Å². The van der Waals surface area contributed by atoms with Crippen LogP contribution in [-0.4, -0.2) is 55.5 Å². The molecule has 1 spiro atoms. The van der Waals surface area contributed by atoms with Gasteiger partial charge in [-0.3, -0.25) is 4.79 Å². The Morgan fingerprint density at radius 3 is 2.64 bits per heavy atom. The first kappa shape index (κ1) is 23.0. The van der Waals surface area contributed by atoms with Gasteiger partial charge in [-0.05, 0) is 54.6 Å². The molecule has 1 heterocycles. The van der Waals surface area contributed by atoms with Crippen molar-refractivity contribution < 1.29 is 24.9 Å². The van der Waals surface area contributed by atoms with Gasteiger partial charge in [0.25, 0.3) is 0 Å². The lowest BCUT2D eigenvalue weighted by Crippen LogP contribution is -2.66. The molecule has 3 N–H and O–H groups in total. The first-order valence-corrected chi connectivity index (χ1v) is 11.9. The SMILES string of the molecule is CC1=C[C@]23C(=O)[C@@H](C=C(CO)[C@@H](O)[C@]2(O)[C@H]1Oc1ncnc(Cl)c1C)[C@H]1[C@@H](C[C@H]3C)C1(C)C. The average Bonchev–Trinajstić information content (AvgIpc) is 3.25. The number of carbonyl (C=O) groups excluding carboxylic acids is 1. The van der Waals surface area contributed by atoms with Gasteiger partial charge in [0, 0.05) is 11.5 Å². The summed E-state index contributed by atoms with van der Waals surface area (Å²) in [5, 5.41) is 34.4. The van der Waals surface area contributed by atoms with E-state index in [1.807, 2.05) is 13.0 Å². The molecule has 0 radical (unpaired) electrons. The number of Topliss-reactive ketones (excluding diaryl/α,β-unsaturated/α-hetero) is 1. The van der Waals surface area contributed by atoms with Crippen LogP contribution >= 0.6 is 11.6 Å². The lowest BCUT2D eigenvalue weighted by Gasteiger charge is -2.49. The molecule has 0 saturated heterocycles. The van der Waals surface area contributed by atoms with Crippen LogP contribution in [0.3, 0.4) is 0 Å². The van der Waals surface area contributed by atoms with Gasteiger partial charge in [0.1, 0.15) is 17.6 Å². The Labute approximate surface area is 198 Å². The number of halogens is 1. The van der Waals surface area contributed by atoms with E-state index < -0.39 is 35.7 Å². The molecule has 2 saturated carbocycles. The Morgan fingerprint density at radius 1 is 1.27 bits per heavy atom. The zero-order chi connectivity index (χ0) is 24.1. The molecule has 5 rings (SSSR count). The number of hydrogen-bond donors (Lipinski definition) is 3. The van der Waals surface area contributed by atoms with Crippen LogP contribution in [0.4, 0.5) is 0 Å². The summed E-state index contributed by atoms with van der Waals surface area (Å²) < 4.78 is 6.22. The molecule has 8 atom stereocenters. The molecule has 4 aliphatic carbocycles. The topological polar surface area (TPSA) is 113 Å². The zero-order valence-electron chi connectivity index (χ0n) is 19.5. The molecule has 0 unspecified atom stereocenters. The smallest absolute Gasteiger partial charge is 0.221 e. The molecular weight excluding hydrogens is 444 g/mol. The van der Waals surface area contributed by atoms with Crippen molar-refractivity contribution in [1.29, 1.82) is 0 Å². The molecule has 8 heteroatoms. The van der Waals surface area contributed by atoms with E-state index in [9.17, 15) is 20.1 Å². The van der Waals surface area contributed by atoms with Crippen molar-refractivity contribution >= 4 is 17.4 Å². The molecule has 0 aromatic carbocycles. The highest BCUT2D eigenvalue weighted by atomic mass is 35.5. The van der Waals surface area contributed by atoms with E-state index in [0.717, 1.165) is 6.42 Å². The van der Waals surface area contributed by atoms with Crippen molar-refractivity contribution in [2.24, 2.45) is 34.5 Å². The fraction of sp³-hybridized carbons (Fsp3) is 0.640. The summed E-state index contributed by atoms with van der Waals surface area (Å²) >= 11 is 6.15. The van der Waals surface area contributed by atoms with Crippen LogP contribution in [0.1, 0.15) is 39.7 Å². The number of aliphatic hydroxyl groups is 3. The normalized spacial score (nSPS) is 43.0. The Morgan fingerprint density at radius 2 is 1.97 bits per heavy atom. The predicted molar refractivity (Wildman–Crippen MR) is 122 cm³/mol. The minimum absolute atomic E-state index is 0.0112. The molecule has 1 aromatic rings. The van der Waals surface area contributed by atoms with E-state index in [1.165, 1.54) is 6.33 Å². The summed E-state index contributed by atoms with van der Waals surface area (Å²) in [6, 6.07) is 0. The second kappa shape index (κ2) is 7.11. The van der Waals surface area contributed by atoms with E-state index in [2.05, 4.69) is 23.8 Å². The summed E-state index contributed by atoms with van der Waals surface area (Å²) in [4.78, 5) is 22.4. The number of carbonyl (C=O) groups is 1. The molecule has 0 aliphatic heterocycles. The van der Waals surface area contributed by atoms with Crippen LogP contribution in [0.2, 0.25) is 5.15 Å². The molecular formula is C25H31ClN2O5. The molecule has 2 bridgehead atoms. The Kier molecular flexibility index (Phi) is 4.94. The second-order valence-corrected chi connectivity index (χ2v) is 11.3. The van der Waals surface area contributed by atoms with Gasteiger partial charge >= 0.3 is 0 Å². The molecule has 0 amide bonds. The molecule has 1 aromatic heterocycles. The van der Waals surface area contributed by atoms with E-state index in [1.54, 1.807) is 19.9 Å². The van der Waals surface area contributed by atoms with Crippen LogP contribution in [0.25, 0.3) is 0 Å². The largest absolute Gasteiger partial charge is 0.466 e. The third-order valence-corrected chi connectivity index (χ3v) is 9.48. The van der Waals surface area contributed by atoms with Gasteiger partial charge in [0.15, 0.2) is 17.5 Å². The van der Waals surface area contributed by atoms with Crippen LogP contribution in [0.5, 0.6) is 5.88 Å². The zero-order valence-corrected chi connectivity index (χ0v) is 20.3. The highest BCUT2D eigenvalue weighted by Crippen LogP contribution is 2.71. The van der Waals surface area contributed by atoms with Gasteiger partial charge in [-0.1, -0.05) is 44.5 Å². The lowest BCUT2D eigenvalue weighted by atomic mass is 9.59. The number of nitrogens with zero attached hydrogens (tertiary/aromatic N) is 2. The van der Waals surface area contributed by atoms with Crippen LogP contribution < -0.4 is 4.74 Å². The molecule has 33 heavy (non-hydrogen) atoms. The van der Waals surface area contributed by atoms with Crippen LogP contribution in [-0.2, 0) is 4.79 Å². The highest BCUT2D eigenvalue weighted by molar-refractivity contribution is 6.30. The van der Waals surface area contributed by atoms with Crippen LogP contribution in [0.15, 0.2) is 29.6 Å². The lowest BCUT2D eigenvalue weighted by molar-refractivity contribution is -0.186. The summed E-state index contributed by atoms with van der Waals surface area (Å²) in [7, 11) is 0. The predicted octanol–water partition coefficient (Wildman–Crippen LogP) is 2.65. The maximum absolute atomic E-state index is 14.3. The maximum atomic E-state index is 14.3. The summed E-state index contributed by atoms with van der Waals surface area (Å²) in [6.45, 7) is 9.36. The first-order valence-electron chi connectivity index (χ1n) is 11.5. The quantitative estimate of drug-likeness (QED) is 0.456. The fourth-order valence-electron chi connectivity index (χ4n) is 7.24. The van der Waals surface area contributed by atoms with Gasteiger partial charge in [-0.15, -0.1) is 0 Å². The van der Waals surface area contributed by atoms with E-state index in [0.29, 0.717) is 17.1 Å². The number of hydrogen-bond acceptors (Lipinski definition) is 7. The summed E-state index contributed by atoms with van der Waals surface area (Å²) in [5.41, 5.74) is -1.99. The summed E-state index contributed by atoms with van der Waals surface area (Å²) in [6.07, 6.45) is 3.00. The van der Waals surface area contributed by atoms with Crippen molar-refractivity contribution in [2.45, 2.75) is 58.8 Å². The summed E-state index contributed by atoms with van der Waals surface area (Å²) in [5.74, 6) is -0.222. The molecule has 2 fully saturated rings. The molecule has 178 valence electrons.